The Bertz CT molecular complexity index is 867. The van der Waals surface area contributed by atoms with Crippen LogP contribution in [0.2, 0.25) is 0 Å². The first kappa shape index (κ1) is 21.8. The molecule has 0 atom stereocenters. The monoisotopic (exact) mass is 414 g/mol. The molecule has 1 aliphatic rings. The number of rotatable bonds is 8. The van der Waals surface area contributed by atoms with Crippen molar-refractivity contribution in [2.45, 2.75) is 70.6 Å². The van der Waals surface area contributed by atoms with Crippen molar-refractivity contribution in [3.63, 3.8) is 0 Å². The molecule has 6 heteroatoms. The van der Waals surface area contributed by atoms with Crippen LogP contribution in [0.1, 0.15) is 56.9 Å². The topological polar surface area (TPSA) is 61.3 Å². The number of ether oxygens (including phenoxy) is 2. The second-order valence-corrected chi connectivity index (χ2v) is 9.05. The molecule has 2 heterocycles. The van der Waals surface area contributed by atoms with Gasteiger partial charge in [-0.15, -0.1) is 0 Å². The number of carbonyl (C=O) groups excluding carboxylic acids is 1. The highest BCUT2D eigenvalue weighted by Gasteiger charge is 2.30. The van der Waals surface area contributed by atoms with Gasteiger partial charge in [0.15, 0.2) is 5.82 Å². The van der Waals surface area contributed by atoms with E-state index in [0.29, 0.717) is 19.0 Å². The van der Waals surface area contributed by atoms with E-state index in [2.05, 4.69) is 39.8 Å². The first-order valence-corrected chi connectivity index (χ1v) is 11.3. The molecule has 0 spiro atoms. The molecule has 0 bridgehead atoms. The third kappa shape index (κ3) is 6.03. The highest BCUT2D eigenvalue weighted by Crippen LogP contribution is 2.34. The Balaban J connectivity index is 1.81. The van der Waals surface area contributed by atoms with Gasteiger partial charge in [0.2, 0.25) is 0 Å². The Morgan fingerprint density at radius 2 is 2.10 bits per heavy atom. The van der Waals surface area contributed by atoms with Crippen molar-refractivity contribution < 1.29 is 14.3 Å². The molecule has 5 nitrogen and oxygen atoms in total. The molecule has 0 saturated heterocycles. The maximum absolute atomic E-state index is 12.1. The summed E-state index contributed by atoms with van der Waals surface area (Å²) in [6.45, 7) is 9.29. The van der Waals surface area contributed by atoms with Gasteiger partial charge in [-0.25, -0.2) is 9.97 Å². The summed E-state index contributed by atoms with van der Waals surface area (Å²) in [6.07, 6.45) is 3.82. The summed E-state index contributed by atoms with van der Waals surface area (Å²) < 4.78 is 11.3. The van der Waals surface area contributed by atoms with Crippen LogP contribution in [0.25, 0.3) is 11.4 Å². The fraction of sp³-hybridized carbons (Fsp3) is 0.522. The summed E-state index contributed by atoms with van der Waals surface area (Å²) in [7, 11) is 0. The maximum Gasteiger partial charge on any atom is 0.316 e. The van der Waals surface area contributed by atoms with Crippen molar-refractivity contribution in [2.75, 3.05) is 12.4 Å². The van der Waals surface area contributed by atoms with Gasteiger partial charge in [0.05, 0.1) is 30.3 Å². The lowest BCUT2D eigenvalue weighted by Gasteiger charge is -2.32. The molecule has 0 fully saturated rings. The van der Waals surface area contributed by atoms with Crippen molar-refractivity contribution in [3.05, 3.63) is 41.1 Å². The van der Waals surface area contributed by atoms with Crippen LogP contribution in [-0.4, -0.2) is 33.9 Å². The number of carbonyl (C=O) groups is 1. The minimum absolute atomic E-state index is 0.201. The molecule has 1 aromatic heterocycles. The van der Waals surface area contributed by atoms with E-state index in [1.807, 2.05) is 12.1 Å². The lowest BCUT2D eigenvalue weighted by molar-refractivity contribution is -0.140. The van der Waals surface area contributed by atoms with Crippen molar-refractivity contribution >= 4 is 17.7 Å². The Hall–Kier alpha value is -1.92. The number of thioether (sulfide) groups is 1. The molecule has 0 unspecified atom stereocenters. The van der Waals surface area contributed by atoms with E-state index in [-0.39, 0.29) is 17.3 Å². The highest BCUT2D eigenvalue weighted by molar-refractivity contribution is 7.99. The Morgan fingerprint density at radius 1 is 1.28 bits per heavy atom. The number of nitrogens with zero attached hydrogens (tertiary/aromatic N) is 2. The Kier molecular flexibility index (Phi) is 7.30. The van der Waals surface area contributed by atoms with Crippen LogP contribution in [0.5, 0.6) is 0 Å². The number of hydrogen-bond acceptors (Lipinski definition) is 6. The number of unbranched alkanes of at least 4 members (excludes halogenated alkanes) is 2. The van der Waals surface area contributed by atoms with Crippen molar-refractivity contribution in [2.24, 2.45) is 0 Å². The molecular formula is C23H30N2O3S. The first-order chi connectivity index (χ1) is 13.9. The summed E-state index contributed by atoms with van der Waals surface area (Å²) in [4.78, 5) is 21.8. The number of fused-ring (bicyclic) bond motifs is 1. The van der Waals surface area contributed by atoms with Gasteiger partial charge in [0, 0.05) is 17.5 Å². The smallest absolute Gasteiger partial charge is 0.316 e. The van der Waals surface area contributed by atoms with Crippen LogP contribution >= 0.6 is 11.8 Å². The standard InChI is InChI=1S/C23H30N2O3S/c1-5-6-7-11-27-20(26)15-29-22-18-14-28-23(3,4)13-19(18)24-21(25-22)17-10-8-9-16(2)12-17/h8-10,12H,5-7,11,13-15H2,1-4H3. The highest BCUT2D eigenvalue weighted by atomic mass is 32.2. The van der Waals surface area contributed by atoms with Gasteiger partial charge in [0.25, 0.3) is 0 Å². The molecule has 2 aromatic rings. The number of aromatic nitrogens is 2. The number of benzene rings is 1. The normalized spacial score (nSPS) is 15.0. The van der Waals surface area contributed by atoms with Crippen LogP contribution in [0.3, 0.4) is 0 Å². The average Bonchev–Trinajstić information content (AvgIpc) is 2.68. The fourth-order valence-corrected chi connectivity index (χ4v) is 4.10. The van der Waals surface area contributed by atoms with Gasteiger partial charge in [-0.05, 0) is 33.3 Å². The molecule has 29 heavy (non-hydrogen) atoms. The zero-order valence-electron chi connectivity index (χ0n) is 17.8. The molecule has 0 N–H and O–H groups in total. The van der Waals surface area contributed by atoms with E-state index in [0.717, 1.165) is 53.1 Å². The fourth-order valence-electron chi connectivity index (χ4n) is 3.26. The van der Waals surface area contributed by atoms with E-state index in [4.69, 9.17) is 19.4 Å². The van der Waals surface area contributed by atoms with Crippen LogP contribution in [0.15, 0.2) is 29.3 Å². The molecule has 0 radical (unpaired) electrons. The summed E-state index contributed by atoms with van der Waals surface area (Å²) in [6, 6.07) is 8.18. The van der Waals surface area contributed by atoms with Crippen molar-refractivity contribution in [3.8, 4) is 11.4 Å². The van der Waals surface area contributed by atoms with Gasteiger partial charge in [-0.1, -0.05) is 55.3 Å². The molecule has 1 aliphatic heterocycles. The quantitative estimate of drug-likeness (QED) is 0.258. The third-order valence-electron chi connectivity index (χ3n) is 4.87. The van der Waals surface area contributed by atoms with Gasteiger partial charge in [-0.2, -0.15) is 0 Å². The number of hydrogen-bond donors (Lipinski definition) is 0. The Morgan fingerprint density at radius 3 is 2.86 bits per heavy atom. The minimum atomic E-state index is -0.259. The average molecular weight is 415 g/mol. The van der Waals surface area contributed by atoms with E-state index in [1.54, 1.807) is 0 Å². The van der Waals surface area contributed by atoms with Crippen molar-refractivity contribution in [1.82, 2.24) is 9.97 Å². The maximum atomic E-state index is 12.1. The zero-order chi connectivity index (χ0) is 20.9. The lowest BCUT2D eigenvalue weighted by Crippen LogP contribution is -2.33. The number of esters is 1. The van der Waals surface area contributed by atoms with Crippen LogP contribution in [0, 0.1) is 6.92 Å². The molecule has 156 valence electrons. The summed E-state index contributed by atoms with van der Waals surface area (Å²) in [5.41, 5.74) is 3.89. The van der Waals surface area contributed by atoms with Crippen LogP contribution in [-0.2, 0) is 27.3 Å². The van der Waals surface area contributed by atoms with Gasteiger partial charge < -0.3 is 9.47 Å². The second-order valence-electron chi connectivity index (χ2n) is 8.09. The van der Waals surface area contributed by atoms with Crippen LogP contribution in [0.4, 0.5) is 0 Å². The third-order valence-corrected chi connectivity index (χ3v) is 5.86. The van der Waals surface area contributed by atoms with E-state index in [9.17, 15) is 4.79 Å². The molecule has 0 aliphatic carbocycles. The molecule has 0 amide bonds. The Labute approximate surface area is 177 Å². The van der Waals surface area contributed by atoms with Crippen molar-refractivity contribution in [1.29, 1.82) is 0 Å². The second kappa shape index (κ2) is 9.72. The molecular weight excluding hydrogens is 384 g/mol. The van der Waals surface area contributed by atoms with E-state index < -0.39 is 0 Å². The molecule has 3 rings (SSSR count). The van der Waals surface area contributed by atoms with Gasteiger partial charge in [0.1, 0.15) is 5.03 Å². The van der Waals surface area contributed by atoms with Gasteiger partial charge >= 0.3 is 5.97 Å². The zero-order valence-corrected chi connectivity index (χ0v) is 18.6. The lowest BCUT2D eigenvalue weighted by atomic mass is 9.96. The molecule has 0 saturated carbocycles. The predicted molar refractivity (Wildman–Crippen MR) is 116 cm³/mol. The van der Waals surface area contributed by atoms with Gasteiger partial charge in [-0.3, -0.25) is 4.79 Å². The molecule has 1 aromatic carbocycles. The summed E-state index contributed by atoms with van der Waals surface area (Å²) in [5.74, 6) is 0.739. The number of aryl methyl sites for hydroxylation is 1. The first-order valence-electron chi connectivity index (χ1n) is 10.3. The summed E-state index contributed by atoms with van der Waals surface area (Å²) in [5, 5.41) is 0.813. The predicted octanol–water partition coefficient (Wildman–Crippen LogP) is 5.13. The SMILES string of the molecule is CCCCCOC(=O)CSc1nc(-c2cccc(C)c2)nc2c1COC(C)(C)C2. The van der Waals surface area contributed by atoms with E-state index in [1.165, 1.54) is 11.8 Å². The minimum Gasteiger partial charge on any atom is -0.465 e. The van der Waals surface area contributed by atoms with Crippen LogP contribution < -0.4 is 0 Å². The van der Waals surface area contributed by atoms with E-state index >= 15 is 0 Å². The summed E-state index contributed by atoms with van der Waals surface area (Å²) >= 11 is 1.41. The largest absolute Gasteiger partial charge is 0.465 e.